The van der Waals surface area contributed by atoms with Gasteiger partial charge in [-0.25, -0.2) is 0 Å². The number of nitrogens with zero attached hydrogens (tertiary/aromatic N) is 3. The lowest BCUT2D eigenvalue weighted by Crippen LogP contribution is -2.21. The first-order valence-corrected chi connectivity index (χ1v) is 6.63. The van der Waals surface area contributed by atoms with Gasteiger partial charge in [0.25, 0.3) is 0 Å². The van der Waals surface area contributed by atoms with E-state index in [0.29, 0.717) is 18.5 Å². The minimum absolute atomic E-state index is 0.368. The second-order valence-corrected chi connectivity index (χ2v) is 5.04. The molecule has 2 aromatic heterocycles. The molecule has 5 heteroatoms. The van der Waals surface area contributed by atoms with E-state index in [1.165, 1.54) is 4.88 Å². The Bertz CT molecular complexity index is 452. The summed E-state index contributed by atoms with van der Waals surface area (Å²) < 4.78 is 5.19. The van der Waals surface area contributed by atoms with Crippen LogP contribution in [0.5, 0.6) is 0 Å². The van der Waals surface area contributed by atoms with Crippen LogP contribution in [0.3, 0.4) is 0 Å². The first-order chi connectivity index (χ1) is 8.20. The van der Waals surface area contributed by atoms with Gasteiger partial charge in [0.05, 0.1) is 6.54 Å². The zero-order chi connectivity index (χ0) is 12.3. The van der Waals surface area contributed by atoms with Crippen molar-refractivity contribution < 1.29 is 4.52 Å². The van der Waals surface area contributed by atoms with Crippen molar-refractivity contribution in [3.8, 4) is 0 Å². The molecule has 0 aliphatic rings. The van der Waals surface area contributed by atoms with E-state index in [2.05, 4.69) is 46.5 Å². The van der Waals surface area contributed by atoms with Crippen molar-refractivity contribution in [3.05, 3.63) is 34.1 Å². The summed E-state index contributed by atoms with van der Waals surface area (Å²) in [7, 11) is 2.07. The Hall–Kier alpha value is -1.20. The van der Waals surface area contributed by atoms with Gasteiger partial charge in [-0.05, 0) is 25.4 Å². The number of hydrogen-bond donors (Lipinski definition) is 0. The fourth-order valence-electron chi connectivity index (χ4n) is 1.59. The van der Waals surface area contributed by atoms with Crippen molar-refractivity contribution in [2.45, 2.75) is 32.9 Å². The molecule has 0 fully saturated rings. The van der Waals surface area contributed by atoms with Gasteiger partial charge in [-0.1, -0.05) is 18.1 Å². The lowest BCUT2D eigenvalue weighted by Gasteiger charge is -2.21. The van der Waals surface area contributed by atoms with Gasteiger partial charge in [0.1, 0.15) is 0 Å². The standard InChI is InChI=1S/C12H17N3OS/c1-4-11-13-12(16-14-11)8-15(3)9(2)10-6-5-7-17-10/h5-7,9H,4,8H2,1-3H3. The first kappa shape index (κ1) is 12.3. The van der Waals surface area contributed by atoms with Crippen LogP contribution in [-0.4, -0.2) is 22.1 Å². The molecule has 0 radical (unpaired) electrons. The highest BCUT2D eigenvalue weighted by Gasteiger charge is 2.15. The lowest BCUT2D eigenvalue weighted by atomic mass is 10.2. The molecule has 92 valence electrons. The zero-order valence-electron chi connectivity index (χ0n) is 10.4. The minimum atomic E-state index is 0.368. The smallest absolute Gasteiger partial charge is 0.240 e. The topological polar surface area (TPSA) is 42.2 Å². The van der Waals surface area contributed by atoms with Crippen LogP contribution < -0.4 is 0 Å². The monoisotopic (exact) mass is 251 g/mol. The highest BCUT2D eigenvalue weighted by Crippen LogP contribution is 2.24. The summed E-state index contributed by atoms with van der Waals surface area (Å²) in [5, 5.41) is 6.00. The molecule has 0 saturated carbocycles. The van der Waals surface area contributed by atoms with Crippen molar-refractivity contribution in [3.63, 3.8) is 0 Å². The van der Waals surface area contributed by atoms with Crippen LogP contribution in [0, 0.1) is 0 Å². The molecule has 0 amide bonds. The summed E-state index contributed by atoms with van der Waals surface area (Å²) in [6, 6.07) is 4.59. The SMILES string of the molecule is CCc1noc(CN(C)C(C)c2cccs2)n1. The Kier molecular flexibility index (Phi) is 3.91. The first-order valence-electron chi connectivity index (χ1n) is 5.75. The highest BCUT2D eigenvalue weighted by molar-refractivity contribution is 7.10. The van der Waals surface area contributed by atoms with Crippen LogP contribution in [0.1, 0.15) is 36.5 Å². The van der Waals surface area contributed by atoms with E-state index in [1.54, 1.807) is 11.3 Å². The van der Waals surface area contributed by atoms with Crippen molar-refractivity contribution in [2.75, 3.05) is 7.05 Å². The second-order valence-electron chi connectivity index (χ2n) is 4.06. The summed E-state index contributed by atoms with van der Waals surface area (Å²) in [4.78, 5) is 7.87. The average Bonchev–Trinajstić information content (AvgIpc) is 2.98. The number of aromatic nitrogens is 2. The Morgan fingerprint density at radius 3 is 2.94 bits per heavy atom. The Balaban J connectivity index is 1.99. The third-order valence-corrected chi connectivity index (χ3v) is 3.87. The quantitative estimate of drug-likeness (QED) is 0.819. The normalized spacial score (nSPS) is 13.2. The van der Waals surface area contributed by atoms with Crippen LogP contribution in [-0.2, 0) is 13.0 Å². The minimum Gasteiger partial charge on any atom is -0.338 e. The molecule has 1 unspecified atom stereocenters. The lowest BCUT2D eigenvalue weighted by molar-refractivity contribution is 0.218. The molecule has 0 saturated heterocycles. The Morgan fingerprint density at radius 1 is 1.53 bits per heavy atom. The molecule has 1 atom stereocenters. The van der Waals surface area contributed by atoms with Gasteiger partial charge in [0, 0.05) is 17.3 Å². The maximum absolute atomic E-state index is 5.19. The van der Waals surface area contributed by atoms with E-state index in [4.69, 9.17) is 4.52 Å². The van der Waals surface area contributed by atoms with E-state index < -0.39 is 0 Å². The Morgan fingerprint density at radius 2 is 2.35 bits per heavy atom. The average molecular weight is 251 g/mol. The van der Waals surface area contributed by atoms with Crippen LogP contribution in [0.2, 0.25) is 0 Å². The zero-order valence-corrected chi connectivity index (χ0v) is 11.2. The van der Waals surface area contributed by atoms with Crippen molar-refractivity contribution in [1.29, 1.82) is 0 Å². The van der Waals surface area contributed by atoms with Gasteiger partial charge in [0.2, 0.25) is 5.89 Å². The van der Waals surface area contributed by atoms with Crippen LogP contribution in [0.15, 0.2) is 22.0 Å². The van der Waals surface area contributed by atoms with E-state index in [-0.39, 0.29) is 0 Å². The molecule has 0 N–H and O–H groups in total. The number of aryl methyl sites for hydroxylation is 1. The molecule has 0 aliphatic heterocycles. The maximum atomic E-state index is 5.19. The predicted molar refractivity (Wildman–Crippen MR) is 67.9 cm³/mol. The maximum Gasteiger partial charge on any atom is 0.240 e. The van der Waals surface area contributed by atoms with Gasteiger partial charge in [-0.2, -0.15) is 4.98 Å². The Labute approximate surface area is 105 Å². The van der Waals surface area contributed by atoms with Gasteiger partial charge in [0.15, 0.2) is 5.82 Å². The summed E-state index contributed by atoms with van der Waals surface area (Å²) in [6.07, 6.45) is 0.813. The van der Waals surface area contributed by atoms with E-state index in [1.807, 2.05) is 6.92 Å². The molecule has 2 aromatic rings. The van der Waals surface area contributed by atoms with E-state index in [9.17, 15) is 0 Å². The van der Waals surface area contributed by atoms with Crippen LogP contribution in [0.4, 0.5) is 0 Å². The molecule has 4 nitrogen and oxygen atoms in total. The summed E-state index contributed by atoms with van der Waals surface area (Å²) >= 11 is 1.77. The molecule has 0 aliphatic carbocycles. The third kappa shape index (κ3) is 2.92. The summed E-state index contributed by atoms with van der Waals surface area (Å²) in [6.45, 7) is 4.89. The number of thiophene rings is 1. The van der Waals surface area contributed by atoms with Crippen molar-refractivity contribution in [2.24, 2.45) is 0 Å². The molecule has 0 bridgehead atoms. The van der Waals surface area contributed by atoms with Crippen LogP contribution in [0.25, 0.3) is 0 Å². The van der Waals surface area contributed by atoms with E-state index in [0.717, 1.165) is 12.2 Å². The summed E-state index contributed by atoms with van der Waals surface area (Å²) in [5.41, 5.74) is 0. The second kappa shape index (κ2) is 5.42. The molecule has 0 aromatic carbocycles. The molecule has 0 spiro atoms. The number of rotatable bonds is 5. The van der Waals surface area contributed by atoms with Gasteiger partial charge in [-0.15, -0.1) is 11.3 Å². The fourth-order valence-corrected chi connectivity index (χ4v) is 2.44. The fraction of sp³-hybridized carbons (Fsp3) is 0.500. The van der Waals surface area contributed by atoms with Crippen molar-refractivity contribution >= 4 is 11.3 Å². The highest BCUT2D eigenvalue weighted by atomic mass is 32.1. The van der Waals surface area contributed by atoms with Gasteiger partial charge < -0.3 is 4.52 Å². The van der Waals surface area contributed by atoms with Gasteiger partial charge >= 0.3 is 0 Å². The summed E-state index contributed by atoms with van der Waals surface area (Å²) in [5.74, 6) is 1.46. The van der Waals surface area contributed by atoms with Crippen molar-refractivity contribution in [1.82, 2.24) is 15.0 Å². The predicted octanol–water partition coefficient (Wildman–Crippen LogP) is 2.89. The molecule has 2 heterocycles. The largest absolute Gasteiger partial charge is 0.338 e. The molecular weight excluding hydrogens is 234 g/mol. The molecular formula is C12H17N3OS. The number of hydrogen-bond acceptors (Lipinski definition) is 5. The van der Waals surface area contributed by atoms with Crippen LogP contribution >= 0.6 is 11.3 Å². The molecule has 17 heavy (non-hydrogen) atoms. The molecule has 2 rings (SSSR count). The third-order valence-electron chi connectivity index (χ3n) is 2.83. The van der Waals surface area contributed by atoms with Gasteiger partial charge in [-0.3, -0.25) is 4.90 Å². The van der Waals surface area contributed by atoms with E-state index >= 15 is 0 Å².